The Balaban J connectivity index is 1.13. The average molecular weight is 546 g/mol. The molecule has 3 saturated heterocycles. The Hall–Kier alpha value is -2.96. The molecule has 1 spiro atoms. The Morgan fingerprint density at radius 3 is 2.57 bits per heavy atom. The summed E-state index contributed by atoms with van der Waals surface area (Å²) in [6, 6.07) is 7.12. The molecule has 0 radical (unpaired) electrons. The molecule has 0 saturated carbocycles. The minimum Gasteiger partial charge on any atom is -0.493 e. The maximum atomic E-state index is 13.6. The fourth-order valence-electron chi connectivity index (χ4n) is 6.04. The highest BCUT2D eigenvalue weighted by Gasteiger charge is 2.54. The van der Waals surface area contributed by atoms with Crippen molar-refractivity contribution in [2.45, 2.75) is 19.1 Å². The molecule has 6 heterocycles. The molecule has 10 nitrogen and oxygen atoms in total. The molecule has 13 heteroatoms. The summed E-state index contributed by atoms with van der Waals surface area (Å²) < 4.78 is 44.7. The fourth-order valence-corrected chi connectivity index (χ4v) is 7.73. The van der Waals surface area contributed by atoms with Crippen LogP contribution in [0.1, 0.15) is 11.4 Å². The van der Waals surface area contributed by atoms with Crippen molar-refractivity contribution in [3.8, 4) is 11.4 Å². The van der Waals surface area contributed by atoms with Crippen molar-refractivity contribution in [2.75, 3.05) is 54.6 Å². The molecule has 3 aromatic rings. The third-order valence-electron chi connectivity index (χ3n) is 7.83. The van der Waals surface area contributed by atoms with E-state index in [0.29, 0.717) is 29.7 Å². The monoisotopic (exact) mass is 545 g/mol. The third kappa shape index (κ3) is 3.76. The zero-order chi connectivity index (χ0) is 25.5. The van der Waals surface area contributed by atoms with Gasteiger partial charge in [0.05, 0.1) is 37.0 Å². The molecular formula is C24H25ClFN7O3S. The number of benzene rings is 1. The molecule has 0 N–H and O–H groups in total. The molecule has 37 heavy (non-hydrogen) atoms. The summed E-state index contributed by atoms with van der Waals surface area (Å²) in [6.45, 7) is 4.36. The molecule has 2 aromatic heterocycles. The summed E-state index contributed by atoms with van der Waals surface area (Å²) in [7, 11) is -1.43. The topological polar surface area (TPSA) is 96.7 Å². The van der Waals surface area contributed by atoms with Crippen LogP contribution in [0.25, 0.3) is 5.69 Å². The number of anilines is 2. The van der Waals surface area contributed by atoms with E-state index in [9.17, 15) is 12.8 Å². The summed E-state index contributed by atoms with van der Waals surface area (Å²) in [6.07, 6.45) is 1.22. The van der Waals surface area contributed by atoms with Crippen molar-refractivity contribution in [1.29, 1.82) is 0 Å². The van der Waals surface area contributed by atoms with Crippen molar-refractivity contribution in [3.05, 3.63) is 52.7 Å². The second kappa shape index (κ2) is 8.02. The molecule has 4 aliphatic heterocycles. The van der Waals surface area contributed by atoms with Gasteiger partial charge in [-0.1, -0.05) is 11.6 Å². The van der Waals surface area contributed by atoms with E-state index in [1.807, 2.05) is 18.2 Å². The van der Waals surface area contributed by atoms with Crippen LogP contribution in [-0.4, -0.2) is 83.9 Å². The van der Waals surface area contributed by atoms with E-state index in [1.165, 1.54) is 19.4 Å². The number of pyridine rings is 1. The van der Waals surface area contributed by atoms with Gasteiger partial charge in [-0.3, -0.25) is 9.47 Å². The molecule has 4 aliphatic rings. The zero-order valence-corrected chi connectivity index (χ0v) is 21.7. The number of sulfone groups is 1. The van der Waals surface area contributed by atoms with Crippen LogP contribution in [0.4, 0.5) is 16.2 Å². The highest BCUT2D eigenvalue weighted by atomic mass is 35.5. The van der Waals surface area contributed by atoms with E-state index in [4.69, 9.17) is 16.3 Å². The van der Waals surface area contributed by atoms with Gasteiger partial charge < -0.3 is 14.5 Å². The lowest BCUT2D eigenvalue weighted by atomic mass is 9.73. The van der Waals surface area contributed by atoms with E-state index in [0.717, 1.165) is 49.2 Å². The van der Waals surface area contributed by atoms with Crippen molar-refractivity contribution in [3.63, 3.8) is 0 Å². The van der Waals surface area contributed by atoms with Gasteiger partial charge >= 0.3 is 0 Å². The Kier molecular flexibility index (Phi) is 5.02. The van der Waals surface area contributed by atoms with Gasteiger partial charge in [-0.25, -0.2) is 17.8 Å². The number of nitrogens with zero attached hydrogens (tertiary/aromatic N) is 7. The van der Waals surface area contributed by atoms with Crippen LogP contribution in [0.15, 0.2) is 30.5 Å². The zero-order valence-electron chi connectivity index (χ0n) is 20.1. The molecular weight excluding hydrogens is 521 g/mol. The van der Waals surface area contributed by atoms with Gasteiger partial charge in [0.1, 0.15) is 5.82 Å². The SMILES string of the molecule is COc1cc(F)cnc1N1CC2(C1)CN(c1nnc3n1-c1ccc(Cl)cc1CN(C1CS(=O)(=O)C1)C3)C2. The van der Waals surface area contributed by atoms with Crippen LogP contribution in [0.3, 0.4) is 0 Å². The Morgan fingerprint density at radius 2 is 1.84 bits per heavy atom. The van der Waals surface area contributed by atoms with Crippen LogP contribution in [0.2, 0.25) is 5.02 Å². The van der Waals surface area contributed by atoms with Crippen molar-refractivity contribution in [2.24, 2.45) is 5.41 Å². The predicted octanol–water partition coefficient (Wildman–Crippen LogP) is 1.90. The summed E-state index contributed by atoms with van der Waals surface area (Å²) in [5.41, 5.74) is 2.10. The van der Waals surface area contributed by atoms with Gasteiger partial charge in [0.25, 0.3) is 0 Å². The van der Waals surface area contributed by atoms with Crippen LogP contribution >= 0.6 is 11.6 Å². The van der Waals surface area contributed by atoms with Crippen LogP contribution in [0.5, 0.6) is 5.75 Å². The van der Waals surface area contributed by atoms with E-state index in [-0.39, 0.29) is 23.0 Å². The van der Waals surface area contributed by atoms with Gasteiger partial charge in [-0.2, -0.15) is 0 Å². The lowest BCUT2D eigenvalue weighted by Gasteiger charge is -2.60. The first-order valence-electron chi connectivity index (χ1n) is 12.1. The minimum absolute atomic E-state index is 0.0335. The Morgan fingerprint density at radius 1 is 1.08 bits per heavy atom. The summed E-state index contributed by atoms with van der Waals surface area (Å²) >= 11 is 6.35. The van der Waals surface area contributed by atoms with Crippen LogP contribution < -0.4 is 14.5 Å². The smallest absolute Gasteiger partial charge is 0.231 e. The second-order valence-electron chi connectivity index (χ2n) is 10.6. The summed E-state index contributed by atoms with van der Waals surface area (Å²) in [5.74, 6) is 2.59. The van der Waals surface area contributed by atoms with E-state index in [1.54, 1.807) is 0 Å². The lowest BCUT2D eigenvalue weighted by molar-refractivity contribution is 0.152. The number of rotatable bonds is 4. The number of fused-ring (bicyclic) bond motifs is 3. The molecule has 3 fully saturated rings. The molecule has 0 aliphatic carbocycles. The largest absolute Gasteiger partial charge is 0.493 e. The van der Waals surface area contributed by atoms with E-state index < -0.39 is 15.7 Å². The van der Waals surface area contributed by atoms with Crippen LogP contribution in [-0.2, 0) is 22.9 Å². The number of halogens is 2. The standard InChI is InChI=1S/C24H25ClFN7O3S/c1-36-20-5-17(26)6-27-22(20)31-11-24(12-31)13-32(14-24)23-29-28-21-8-30(18-9-37(34,35)10-18)7-15-4-16(25)2-3-19(15)33(21)23/h2-6,18H,7-14H2,1H3. The predicted molar refractivity (Wildman–Crippen MR) is 136 cm³/mol. The van der Waals surface area contributed by atoms with Gasteiger partial charge in [0.15, 0.2) is 27.2 Å². The van der Waals surface area contributed by atoms with Gasteiger partial charge in [-0.05, 0) is 23.8 Å². The van der Waals surface area contributed by atoms with E-state index >= 15 is 0 Å². The van der Waals surface area contributed by atoms with Gasteiger partial charge in [0.2, 0.25) is 5.95 Å². The molecule has 0 atom stereocenters. The fraction of sp³-hybridized carbons (Fsp3) is 0.458. The summed E-state index contributed by atoms with van der Waals surface area (Å²) in [4.78, 5) is 10.7. The highest BCUT2D eigenvalue weighted by molar-refractivity contribution is 7.92. The maximum Gasteiger partial charge on any atom is 0.231 e. The summed E-state index contributed by atoms with van der Waals surface area (Å²) in [5, 5.41) is 9.73. The number of aromatic nitrogens is 4. The van der Waals surface area contributed by atoms with Crippen molar-refractivity contribution in [1.82, 2.24) is 24.6 Å². The minimum atomic E-state index is -2.95. The van der Waals surface area contributed by atoms with Crippen molar-refractivity contribution < 1.29 is 17.5 Å². The number of ether oxygens (including phenoxy) is 1. The number of hydrogen-bond donors (Lipinski definition) is 0. The van der Waals surface area contributed by atoms with Crippen LogP contribution in [0, 0.1) is 11.2 Å². The first-order valence-corrected chi connectivity index (χ1v) is 14.3. The maximum absolute atomic E-state index is 13.6. The molecule has 0 amide bonds. The van der Waals surface area contributed by atoms with Gasteiger partial charge in [0, 0.05) is 55.3 Å². The Bertz CT molecular complexity index is 1500. The molecule has 0 unspecified atom stereocenters. The second-order valence-corrected chi connectivity index (χ2v) is 13.1. The Labute approximate surface area is 218 Å². The quantitative estimate of drug-likeness (QED) is 0.487. The molecule has 0 bridgehead atoms. The normalized spacial score (nSPS) is 21.9. The molecule has 1 aromatic carbocycles. The van der Waals surface area contributed by atoms with Crippen molar-refractivity contribution >= 4 is 33.2 Å². The number of methoxy groups -OCH3 is 1. The third-order valence-corrected chi connectivity index (χ3v) is 9.85. The number of hydrogen-bond acceptors (Lipinski definition) is 9. The first-order chi connectivity index (χ1) is 17.7. The van der Waals surface area contributed by atoms with E-state index in [2.05, 4.69) is 34.4 Å². The van der Waals surface area contributed by atoms with Gasteiger partial charge in [-0.15, -0.1) is 10.2 Å². The lowest BCUT2D eigenvalue weighted by Crippen LogP contribution is -2.73. The highest BCUT2D eigenvalue weighted by Crippen LogP contribution is 2.45. The first kappa shape index (κ1) is 23.2. The average Bonchev–Trinajstić information content (AvgIpc) is 3.11. The molecule has 194 valence electrons. The molecule has 7 rings (SSSR count).